The minimum absolute atomic E-state index is 0.318. The molecule has 0 amide bonds. The van der Waals surface area contributed by atoms with E-state index in [4.69, 9.17) is 0 Å². The predicted octanol–water partition coefficient (Wildman–Crippen LogP) is 6.42. The van der Waals surface area contributed by atoms with Gasteiger partial charge in [-0.15, -0.1) is 0 Å². The fourth-order valence-corrected chi connectivity index (χ4v) is 27.9. The average molecular weight is 649 g/mol. The van der Waals surface area contributed by atoms with E-state index in [1.807, 2.05) is 11.8 Å². The maximum atomic E-state index is 4.34. The molecule has 6 aromatic carbocycles. The summed E-state index contributed by atoms with van der Waals surface area (Å²) in [7, 11) is -7.27. The molecule has 45 heavy (non-hydrogen) atoms. The molecule has 0 bridgehead atoms. The lowest BCUT2D eigenvalue weighted by Gasteiger charge is -2.47. The predicted molar refractivity (Wildman–Crippen MR) is 206 cm³/mol. The summed E-state index contributed by atoms with van der Waals surface area (Å²) in [5.74, 6) is 0. The van der Waals surface area contributed by atoms with Crippen LogP contribution < -0.4 is 31.1 Å². The first-order valence-electron chi connectivity index (χ1n) is 15.7. The van der Waals surface area contributed by atoms with Crippen molar-refractivity contribution in [2.45, 2.75) is 24.1 Å². The Morgan fingerprint density at radius 3 is 0.822 bits per heavy atom. The van der Waals surface area contributed by atoms with Gasteiger partial charge >= 0.3 is 0 Å². The third kappa shape index (κ3) is 6.12. The molecule has 0 aliphatic carbocycles. The molecule has 0 nitrogen and oxygen atoms in total. The fourth-order valence-electron chi connectivity index (χ4n) is 6.89. The zero-order valence-electron chi connectivity index (χ0n) is 26.3. The van der Waals surface area contributed by atoms with E-state index < -0.39 is 24.2 Å². The lowest BCUT2D eigenvalue weighted by Crippen LogP contribution is -2.77. The van der Waals surface area contributed by atoms with Crippen molar-refractivity contribution in [3.05, 3.63) is 187 Å². The van der Waals surface area contributed by atoms with E-state index in [9.17, 15) is 0 Å². The zero-order valence-corrected chi connectivity index (χ0v) is 30.1. The molecule has 0 atom stereocenters. The van der Waals surface area contributed by atoms with Gasteiger partial charge in [-0.1, -0.05) is 233 Å². The summed E-state index contributed by atoms with van der Waals surface area (Å²) < 4.78 is 0.318. The molecule has 222 valence electrons. The monoisotopic (exact) mass is 648 g/mol. The van der Waals surface area contributed by atoms with E-state index in [1.54, 1.807) is 0 Å². The first kappa shape index (κ1) is 31.3. The molecular formula is C41H40SSi3. The van der Waals surface area contributed by atoms with Gasteiger partial charge in [0.1, 0.15) is 24.2 Å². The van der Waals surface area contributed by atoms with Gasteiger partial charge in [0.15, 0.2) is 0 Å². The van der Waals surface area contributed by atoms with Gasteiger partial charge in [-0.2, -0.15) is 11.8 Å². The molecule has 0 saturated carbocycles. The molecule has 0 heterocycles. The molecule has 0 saturated heterocycles. The minimum Gasteiger partial charge on any atom is -0.156 e. The molecule has 0 aromatic heterocycles. The lowest BCUT2D eigenvalue weighted by molar-refractivity contribution is 1.53. The SMILES string of the molecule is C[Si]([C]SC([Si](C)(c1ccccc1)c1ccccc1)[Si](C)(c1ccccc1)c1ccccc1)(c1ccccc1)c1ccccc1. The summed E-state index contributed by atoms with van der Waals surface area (Å²) in [6.07, 6.45) is 0. The molecule has 2 radical (unpaired) electrons. The van der Waals surface area contributed by atoms with Crippen molar-refractivity contribution in [3.8, 4) is 0 Å². The van der Waals surface area contributed by atoms with E-state index in [0.29, 0.717) is 4.50 Å². The van der Waals surface area contributed by atoms with Gasteiger partial charge < -0.3 is 0 Å². The second-order valence-corrected chi connectivity index (χ2v) is 26.9. The van der Waals surface area contributed by atoms with Crippen LogP contribution in [0.1, 0.15) is 0 Å². The van der Waals surface area contributed by atoms with Crippen LogP contribution in [0.25, 0.3) is 0 Å². The Morgan fingerprint density at radius 1 is 0.356 bits per heavy atom. The highest BCUT2D eigenvalue weighted by atomic mass is 32.2. The first-order valence-corrected chi connectivity index (χ1v) is 24.3. The Hall–Kier alpha value is -3.68. The Labute approximate surface area is 277 Å². The van der Waals surface area contributed by atoms with E-state index in [-0.39, 0.29) is 0 Å². The molecule has 0 spiro atoms. The molecule has 6 rings (SSSR count). The standard InChI is InChI=1S/C41H40SSi3/c1-43(35-22-10-4-11-23-35,36-24-12-5-13-25-36)34-42-41(44(2,37-26-14-6-15-27-37)38-28-16-7-17-29-38)45(3,39-30-18-8-19-31-39)40-32-20-9-21-33-40/h4-33,41H,1-3H3. The summed E-state index contributed by atoms with van der Waals surface area (Å²) in [6, 6.07) is 67.9. The number of thioether (sulfide) groups is 1. The number of benzene rings is 6. The summed E-state index contributed by atoms with van der Waals surface area (Å²) in [4.78, 5) is 0. The molecule has 0 fully saturated rings. The lowest BCUT2D eigenvalue weighted by atomic mass is 10.4. The zero-order chi connectivity index (χ0) is 31.2. The van der Waals surface area contributed by atoms with E-state index in [1.165, 1.54) is 31.1 Å². The van der Waals surface area contributed by atoms with E-state index in [0.717, 1.165) is 0 Å². The van der Waals surface area contributed by atoms with Crippen molar-refractivity contribution in [1.82, 2.24) is 0 Å². The van der Waals surface area contributed by atoms with Crippen molar-refractivity contribution in [2.75, 3.05) is 0 Å². The van der Waals surface area contributed by atoms with Crippen LogP contribution in [0.3, 0.4) is 0 Å². The second-order valence-electron chi connectivity index (χ2n) is 12.3. The van der Waals surface area contributed by atoms with Crippen LogP contribution in [0.5, 0.6) is 0 Å². The van der Waals surface area contributed by atoms with Crippen molar-refractivity contribution in [3.63, 3.8) is 0 Å². The number of rotatable bonds is 11. The number of hydrogen-bond donors (Lipinski definition) is 0. The van der Waals surface area contributed by atoms with Gasteiger partial charge in [-0.25, -0.2) is 0 Å². The molecule has 6 aromatic rings. The van der Waals surface area contributed by atoms with Crippen LogP contribution in [0, 0.1) is 5.38 Å². The quantitative estimate of drug-likeness (QED) is 0.146. The van der Waals surface area contributed by atoms with Crippen LogP contribution in [0.4, 0.5) is 0 Å². The molecule has 0 N–H and O–H groups in total. The van der Waals surface area contributed by atoms with Crippen molar-refractivity contribution >= 4 is 67.1 Å². The third-order valence-corrected chi connectivity index (χ3v) is 30.2. The van der Waals surface area contributed by atoms with Gasteiger partial charge in [0.25, 0.3) is 0 Å². The van der Waals surface area contributed by atoms with Crippen molar-refractivity contribution in [1.29, 1.82) is 0 Å². The van der Waals surface area contributed by atoms with Crippen LogP contribution in [-0.4, -0.2) is 28.7 Å². The summed E-state index contributed by atoms with van der Waals surface area (Å²) >= 11 is 2.05. The average Bonchev–Trinajstić information content (AvgIpc) is 3.13. The van der Waals surface area contributed by atoms with Crippen LogP contribution in [-0.2, 0) is 0 Å². The van der Waals surface area contributed by atoms with Gasteiger partial charge in [0, 0.05) is 9.87 Å². The molecule has 0 aliphatic heterocycles. The van der Waals surface area contributed by atoms with Gasteiger partial charge in [-0.3, -0.25) is 0 Å². The molecular weight excluding hydrogens is 609 g/mol. The van der Waals surface area contributed by atoms with Crippen molar-refractivity contribution in [2.24, 2.45) is 0 Å². The maximum absolute atomic E-state index is 4.34. The van der Waals surface area contributed by atoms with E-state index in [2.05, 4.69) is 207 Å². The Morgan fingerprint density at radius 2 is 0.578 bits per heavy atom. The Kier molecular flexibility index (Phi) is 9.57. The van der Waals surface area contributed by atoms with Gasteiger partial charge in [0.05, 0.1) is 0 Å². The largest absolute Gasteiger partial charge is 0.156 e. The van der Waals surface area contributed by atoms with Gasteiger partial charge in [-0.05, 0) is 0 Å². The van der Waals surface area contributed by atoms with Gasteiger partial charge in [0.2, 0.25) is 0 Å². The highest BCUT2D eigenvalue weighted by Crippen LogP contribution is 2.35. The smallest absolute Gasteiger partial charge is 0.133 e. The van der Waals surface area contributed by atoms with E-state index >= 15 is 0 Å². The Bertz CT molecular complexity index is 1560. The topological polar surface area (TPSA) is 0 Å². The minimum atomic E-state index is -2.45. The summed E-state index contributed by atoms with van der Waals surface area (Å²) in [5.41, 5.74) is 0. The normalized spacial score (nSPS) is 12.3. The maximum Gasteiger partial charge on any atom is 0.133 e. The molecule has 0 aliphatic rings. The van der Waals surface area contributed by atoms with Crippen LogP contribution in [0.15, 0.2) is 182 Å². The highest BCUT2D eigenvalue weighted by Gasteiger charge is 2.54. The van der Waals surface area contributed by atoms with Crippen LogP contribution in [0.2, 0.25) is 19.6 Å². The first-order chi connectivity index (χ1) is 22.0. The Balaban J connectivity index is 1.61. The fraction of sp³-hybridized carbons (Fsp3) is 0.0976. The highest BCUT2D eigenvalue weighted by molar-refractivity contribution is 8.08. The molecule has 0 unspecified atom stereocenters. The van der Waals surface area contributed by atoms with Crippen molar-refractivity contribution < 1.29 is 0 Å². The third-order valence-electron chi connectivity index (χ3n) is 9.63. The summed E-state index contributed by atoms with van der Waals surface area (Å²) in [5, 5.41) is 13.0. The number of hydrogen-bond acceptors (Lipinski definition) is 1. The molecule has 4 heteroatoms. The second kappa shape index (κ2) is 13.8. The van der Waals surface area contributed by atoms with Crippen LogP contribution >= 0.6 is 11.8 Å². The summed E-state index contributed by atoms with van der Waals surface area (Å²) in [6.45, 7) is 7.73.